The Morgan fingerprint density at radius 3 is 2.41 bits per heavy atom. The Kier molecular flexibility index (Phi) is 5.85. The Bertz CT molecular complexity index is 1140. The molecule has 1 N–H and O–H groups in total. The van der Waals surface area contributed by atoms with Gasteiger partial charge in [0.2, 0.25) is 0 Å². The Hall–Kier alpha value is -2.98. The summed E-state index contributed by atoms with van der Waals surface area (Å²) in [5.74, 6) is -1.03. The van der Waals surface area contributed by atoms with Crippen molar-refractivity contribution < 1.29 is 22.3 Å². The molecule has 0 saturated heterocycles. The maximum absolute atomic E-state index is 14.3. The molecule has 0 aliphatic rings. The largest absolute Gasteiger partial charge is 0.428 e. The molecule has 152 valence electrons. The average Bonchev–Trinajstić information content (AvgIpc) is 3.08. The Balaban J connectivity index is 1.76. The van der Waals surface area contributed by atoms with Gasteiger partial charge in [-0.2, -0.15) is 0 Å². The van der Waals surface area contributed by atoms with Crippen molar-refractivity contribution in [2.45, 2.75) is 11.8 Å². The molecular weight excluding hydrogens is 417 g/mol. The Morgan fingerprint density at radius 1 is 1.17 bits per heavy atom. The van der Waals surface area contributed by atoms with Gasteiger partial charge in [-0.15, -0.1) is 0 Å². The van der Waals surface area contributed by atoms with Crippen molar-refractivity contribution in [1.82, 2.24) is 9.88 Å². The van der Waals surface area contributed by atoms with Crippen LogP contribution >= 0.6 is 11.3 Å². The zero-order valence-electron chi connectivity index (χ0n) is 15.8. The first-order valence-electron chi connectivity index (χ1n) is 8.40. The molecule has 0 bridgehead atoms. The zero-order chi connectivity index (χ0) is 21.2. The zero-order valence-corrected chi connectivity index (χ0v) is 17.5. The lowest BCUT2D eigenvalue weighted by Gasteiger charge is -2.12. The van der Waals surface area contributed by atoms with Crippen LogP contribution in [0.3, 0.4) is 0 Å². The van der Waals surface area contributed by atoms with E-state index in [2.05, 4.69) is 9.71 Å². The van der Waals surface area contributed by atoms with Crippen LogP contribution in [0, 0.1) is 12.7 Å². The minimum absolute atomic E-state index is 0.0404. The number of nitrogens with zero attached hydrogens (tertiary/aromatic N) is 2. The molecule has 10 heteroatoms. The summed E-state index contributed by atoms with van der Waals surface area (Å²) in [5.41, 5.74) is 1.16. The third-order valence-corrected chi connectivity index (χ3v) is 6.03. The first-order valence-corrected chi connectivity index (χ1v) is 10.8. The molecule has 29 heavy (non-hydrogen) atoms. The van der Waals surface area contributed by atoms with Gasteiger partial charge >= 0.3 is 0 Å². The van der Waals surface area contributed by atoms with Gasteiger partial charge in [-0.25, -0.2) is 17.8 Å². The van der Waals surface area contributed by atoms with Crippen LogP contribution in [0.5, 0.6) is 10.9 Å². The second kappa shape index (κ2) is 8.18. The quantitative estimate of drug-likeness (QED) is 0.635. The summed E-state index contributed by atoms with van der Waals surface area (Å²) >= 11 is 1.23. The van der Waals surface area contributed by atoms with E-state index in [4.69, 9.17) is 4.74 Å². The predicted molar refractivity (Wildman–Crippen MR) is 109 cm³/mol. The van der Waals surface area contributed by atoms with Gasteiger partial charge in [0.05, 0.1) is 16.3 Å². The summed E-state index contributed by atoms with van der Waals surface area (Å²) in [7, 11) is -0.747. The highest BCUT2D eigenvalue weighted by Gasteiger charge is 2.17. The van der Waals surface area contributed by atoms with Crippen molar-refractivity contribution in [3.63, 3.8) is 0 Å². The van der Waals surface area contributed by atoms with E-state index in [-0.39, 0.29) is 22.2 Å². The monoisotopic (exact) mass is 435 g/mol. The fourth-order valence-electron chi connectivity index (χ4n) is 2.37. The standard InChI is InChI=1S/C19H18FN3O4S2/c1-12-11-28-19(21-12)27-17-9-6-14(10-16(17)20)22-29(25,26)15-7-4-13(5-8-15)18(24)23(2)3/h4-11,22H,1-3H3. The molecule has 0 fully saturated rings. The normalized spacial score (nSPS) is 11.2. The van der Waals surface area contributed by atoms with E-state index in [1.54, 1.807) is 26.4 Å². The number of sulfonamides is 1. The number of hydrogen-bond acceptors (Lipinski definition) is 6. The van der Waals surface area contributed by atoms with E-state index >= 15 is 0 Å². The van der Waals surface area contributed by atoms with Gasteiger partial charge in [-0.05, 0) is 43.3 Å². The number of ether oxygens (including phenoxy) is 1. The molecule has 7 nitrogen and oxygen atoms in total. The lowest BCUT2D eigenvalue weighted by molar-refractivity contribution is 0.0827. The van der Waals surface area contributed by atoms with Crippen molar-refractivity contribution in [2.24, 2.45) is 0 Å². The molecule has 0 atom stereocenters. The number of thiazole rings is 1. The molecule has 1 amide bonds. The number of hydrogen-bond donors (Lipinski definition) is 1. The van der Waals surface area contributed by atoms with Gasteiger partial charge in [-0.3, -0.25) is 9.52 Å². The minimum Gasteiger partial charge on any atom is -0.428 e. The van der Waals surface area contributed by atoms with E-state index in [0.29, 0.717) is 10.8 Å². The predicted octanol–water partition coefficient (Wildman–Crippen LogP) is 3.89. The van der Waals surface area contributed by atoms with Crippen LogP contribution < -0.4 is 9.46 Å². The third kappa shape index (κ3) is 4.90. The number of carbonyl (C=O) groups is 1. The summed E-state index contributed by atoms with van der Waals surface area (Å²) in [5, 5.41) is 2.06. The number of amides is 1. The lowest BCUT2D eigenvalue weighted by Crippen LogP contribution is -2.21. The van der Waals surface area contributed by atoms with Gasteiger partial charge in [0.25, 0.3) is 21.1 Å². The summed E-state index contributed by atoms with van der Waals surface area (Å²) in [6.45, 7) is 1.79. The van der Waals surface area contributed by atoms with Crippen LogP contribution in [0.4, 0.5) is 10.1 Å². The molecule has 0 radical (unpaired) electrons. The first-order chi connectivity index (χ1) is 13.7. The number of anilines is 1. The molecule has 0 saturated carbocycles. The summed E-state index contributed by atoms with van der Waals surface area (Å²) in [6, 6.07) is 9.21. The van der Waals surface area contributed by atoms with E-state index < -0.39 is 15.8 Å². The van der Waals surface area contributed by atoms with Crippen LogP contribution in [0.25, 0.3) is 0 Å². The number of carbonyl (C=O) groups excluding carboxylic acids is 1. The smallest absolute Gasteiger partial charge is 0.278 e. The van der Waals surface area contributed by atoms with E-state index in [0.717, 1.165) is 11.8 Å². The second-order valence-corrected chi connectivity index (χ2v) is 8.83. The van der Waals surface area contributed by atoms with E-state index in [9.17, 15) is 17.6 Å². The third-order valence-electron chi connectivity index (χ3n) is 3.80. The van der Waals surface area contributed by atoms with Crippen molar-refractivity contribution in [1.29, 1.82) is 0 Å². The number of nitrogens with one attached hydrogen (secondary N) is 1. The van der Waals surface area contributed by atoms with Gasteiger partial charge < -0.3 is 9.64 Å². The molecule has 0 aliphatic carbocycles. The first kappa shape index (κ1) is 20.7. The molecule has 0 unspecified atom stereocenters. The van der Waals surface area contributed by atoms with Gasteiger partial charge in [0.1, 0.15) is 0 Å². The van der Waals surface area contributed by atoms with Crippen LogP contribution in [-0.4, -0.2) is 38.3 Å². The van der Waals surface area contributed by atoms with Crippen molar-refractivity contribution in [3.8, 4) is 10.9 Å². The van der Waals surface area contributed by atoms with Crippen molar-refractivity contribution in [2.75, 3.05) is 18.8 Å². The summed E-state index contributed by atoms with van der Waals surface area (Å²) in [6.07, 6.45) is 0. The number of aryl methyl sites for hydroxylation is 1. The Morgan fingerprint density at radius 2 is 1.86 bits per heavy atom. The maximum atomic E-state index is 14.3. The summed E-state index contributed by atoms with van der Waals surface area (Å²) in [4.78, 5) is 17.3. The molecule has 0 spiro atoms. The topological polar surface area (TPSA) is 88.6 Å². The average molecular weight is 436 g/mol. The SMILES string of the molecule is Cc1csc(Oc2ccc(NS(=O)(=O)c3ccc(C(=O)N(C)C)cc3)cc2F)n1. The van der Waals surface area contributed by atoms with Gasteiger partial charge in [-0.1, -0.05) is 11.3 Å². The number of halogens is 1. The van der Waals surface area contributed by atoms with Crippen molar-refractivity contribution >= 4 is 33.0 Å². The summed E-state index contributed by atoms with van der Waals surface area (Å²) < 4.78 is 47.1. The van der Waals surface area contributed by atoms with Gasteiger partial charge in [0.15, 0.2) is 11.6 Å². The number of benzene rings is 2. The van der Waals surface area contributed by atoms with E-state index in [1.807, 2.05) is 0 Å². The molecule has 0 aliphatic heterocycles. The molecule has 2 aromatic carbocycles. The molecule has 1 heterocycles. The molecule has 3 aromatic rings. The van der Waals surface area contributed by atoms with Crippen molar-refractivity contribution in [3.05, 3.63) is 64.9 Å². The van der Waals surface area contributed by atoms with Crippen LogP contribution in [0.15, 0.2) is 52.7 Å². The highest BCUT2D eigenvalue weighted by atomic mass is 32.2. The minimum atomic E-state index is -3.95. The highest BCUT2D eigenvalue weighted by molar-refractivity contribution is 7.92. The molecule has 1 aromatic heterocycles. The Labute approximate surface area is 171 Å². The fraction of sp³-hybridized carbons (Fsp3) is 0.158. The van der Waals surface area contributed by atoms with Crippen LogP contribution in [0.2, 0.25) is 0 Å². The van der Waals surface area contributed by atoms with E-state index in [1.165, 1.54) is 52.6 Å². The van der Waals surface area contributed by atoms with Crippen LogP contribution in [-0.2, 0) is 10.0 Å². The molecular formula is C19H18FN3O4S2. The lowest BCUT2D eigenvalue weighted by atomic mass is 10.2. The number of rotatable bonds is 6. The maximum Gasteiger partial charge on any atom is 0.278 e. The second-order valence-electron chi connectivity index (χ2n) is 6.33. The number of aromatic nitrogens is 1. The fourth-order valence-corrected chi connectivity index (χ4v) is 4.08. The van der Waals surface area contributed by atoms with Gasteiger partial charge in [0, 0.05) is 31.1 Å². The highest BCUT2D eigenvalue weighted by Crippen LogP contribution is 2.29. The molecule has 3 rings (SSSR count). The van der Waals surface area contributed by atoms with Crippen LogP contribution in [0.1, 0.15) is 16.1 Å².